The zero-order valence-electron chi connectivity index (χ0n) is 19.5. The number of nitrogens with zero attached hydrogens (tertiary/aromatic N) is 2. The molecule has 7 nitrogen and oxygen atoms in total. The van der Waals surface area contributed by atoms with Crippen molar-refractivity contribution in [2.75, 3.05) is 25.0 Å². The molecule has 0 atom stereocenters. The van der Waals surface area contributed by atoms with E-state index in [1.807, 2.05) is 25.3 Å². The molecule has 0 saturated heterocycles. The molecule has 0 saturated carbocycles. The number of likely N-dealkylation sites (N-methyl/N-ethyl adjacent to an activating group) is 1. The van der Waals surface area contributed by atoms with E-state index in [0.717, 1.165) is 11.4 Å². The summed E-state index contributed by atoms with van der Waals surface area (Å²) in [5, 5.41) is 3.27. The molecule has 1 N–H and O–H groups in total. The molecule has 9 heteroatoms. The van der Waals surface area contributed by atoms with Crippen molar-refractivity contribution < 1.29 is 19.1 Å². The van der Waals surface area contributed by atoms with Gasteiger partial charge < -0.3 is 19.5 Å². The fourth-order valence-corrected chi connectivity index (χ4v) is 4.11. The van der Waals surface area contributed by atoms with Crippen LogP contribution in [0.25, 0.3) is 6.08 Å². The van der Waals surface area contributed by atoms with E-state index in [-0.39, 0.29) is 19.1 Å². The van der Waals surface area contributed by atoms with Crippen LogP contribution < -0.4 is 5.32 Å². The maximum absolute atomic E-state index is 12.8. The number of amides is 2. The third-order valence-corrected chi connectivity index (χ3v) is 5.90. The minimum absolute atomic E-state index is 0.181. The number of carbonyl (C=O) groups excluding carboxylic acids is 3. The minimum atomic E-state index is -0.430. The molecular weight excluding hydrogens is 465 g/mol. The van der Waals surface area contributed by atoms with Crippen LogP contribution in [0.5, 0.6) is 0 Å². The Morgan fingerprint density at radius 1 is 1.09 bits per heavy atom. The lowest BCUT2D eigenvalue weighted by molar-refractivity contribution is -0.130. The van der Waals surface area contributed by atoms with Crippen LogP contribution in [0.15, 0.2) is 24.3 Å². The van der Waals surface area contributed by atoms with E-state index in [1.165, 1.54) is 11.0 Å². The number of hydrogen-bond donors (Lipinski definition) is 1. The third-order valence-electron chi connectivity index (χ3n) is 5.27. The van der Waals surface area contributed by atoms with Crippen molar-refractivity contribution in [2.45, 2.75) is 41.2 Å². The second-order valence-electron chi connectivity index (χ2n) is 7.25. The highest BCUT2D eigenvalue weighted by molar-refractivity contribution is 6.39. The summed E-state index contributed by atoms with van der Waals surface area (Å²) in [6.45, 7) is 10.3. The lowest BCUT2D eigenvalue weighted by atomic mass is 10.1. The number of carbonyl (C=O) groups is 3. The Balaban J connectivity index is 2.23. The normalized spacial score (nSPS) is 11.0. The fraction of sp³-hybridized carbons (Fsp3) is 0.375. The molecule has 0 aliphatic rings. The average Bonchev–Trinajstić information content (AvgIpc) is 3.01. The number of esters is 1. The minimum Gasteiger partial charge on any atom is -0.462 e. The molecule has 33 heavy (non-hydrogen) atoms. The Morgan fingerprint density at radius 3 is 2.27 bits per heavy atom. The Hall–Kier alpha value is -2.77. The summed E-state index contributed by atoms with van der Waals surface area (Å²) in [6.07, 6.45) is 2.97. The van der Waals surface area contributed by atoms with Gasteiger partial charge in [0, 0.05) is 36.1 Å². The molecule has 1 aromatic heterocycles. The van der Waals surface area contributed by atoms with Crippen molar-refractivity contribution in [2.24, 2.45) is 0 Å². The molecule has 2 rings (SSSR count). The van der Waals surface area contributed by atoms with Crippen molar-refractivity contribution in [1.82, 2.24) is 9.47 Å². The number of anilines is 1. The van der Waals surface area contributed by atoms with E-state index in [9.17, 15) is 14.4 Å². The number of rotatable bonds is 9. The number of para-hydroxylation sites is 1. The molecule has 0 spiro atoms. The smallest absolute Gasteiger partial charge is 0.340 e. The Kier molecular flexibility index (Phi) is 9.56. The summed E-state index contributed by atoms with van der Waals surface area (Å²) in [4.78, 5) is 39.3. The van der Waals surface area contributed by atoms with Crippen LogP contribution in [-0.4, -0.2) is 46.9 Å². The predicted octanol–water partition coefficient (Wildman–Crippen LogP) is 5.11. The van der Waals surface area contributed by atoms with Gasteiger partial charge in [0.25, 0.3) is 0 Å². The highest BCUT2D eigenvalue weighted by atomic mass is 35.5. The first-order valence-electron chi connectivity index (χ1n) is 10.7. The summed E-state index contributed by atoms with van der Waals surface area (Å²) in [6, 6.07) is 4.90. The van der Waals surface area contributed by atoms with E-state index in [0.29, 0.717) is 39.9 Å². The molecule has 0 fully saturated rings. The predicted molar refractivity (Wildman–Crippen MR) is 132 cm³/mol. The lowest BCUT2D eigenvalue weighted by Gasteiger charge is -2.19. The molecule has 0 aliphatic carbocycles. The molecule has 1 heterocycles. The molecule has 1 aromatic carbocycles. The van der Waals surface area contributed by atoms with Crippen molar-refractivity contribution in [3.8, 4) is 0 Å². The molecular formula is C24H29Cl2N3O4. The maximum atomic E-state index is 12.8. The molecule has 0 radical (unpaired) electrons. The summed E-state index contributed by atoms with van der Waals surface area (Å²) >= 11 is 12.2. The first kappa shape index (κ1) is 26.5. The van der Waals surface area contributed by atoms with Gasteiger partial charge in [0.05, 0.1) is 27.9 Å². The topological polar surface area (TPSA) is 80.6 Å². The summed E-state index contributed by atoms with van der Waals surface area (Å²) in [5.74, 6) is -1.22. The number of nitrogens with one attached hydrogen (secondary N) is 1. The van der Waals surface area contributed by atoms with Crippen molar-refractivity contribution >= 4 is 52.7 Å². The van der Waals surface area contributed by atoms with Crippen LogP contribution >= 0.6 is 23.2 Å². The highest BCUT2D eigenvalue weighted by Gasteiger charge is 2.23. The van der Waals surface area contributed by atoms with Gasteiger partial charge in [0.2, 0.25) is 11.8 Å². The standard InChI is InChI=1S/C24H29Cl2N3O4/c1-6-28(14-20(30)27-23-18(25)10-9-11-19(23)26)21(31)13-12-17-15(4)29(7-2)16(5)22(17)24(32)33-8-3/h9-13H,6-8,14H2,1-5H3,(H,27,30)/b13-12+. The lowest BCUT2D eigenvalue weighted by Crippen LogP contribution is -2.37. The van der Waals surface area contributed by atoms with E-state index >= 15 is 0 Å². The number of ether oxygens (including phenoxy) is 1. The zero-order chi connectivity index (χ0) is 24.7. The van der Waals surface area contributed by atoms with Crippen molar-refractivity contribution in [1.29, 1.82) is 0 Å². The highest BCUT2D eigenvalue weighted by Crippen LogP contribution is 2.29. The van der Waals surface area contributed by atoms with Gasteiger partial charge in [-0.1, -0.05) is 29.3 Å². The second-order valence-corrected chi connectivity index (χ2v) is 8.07. The first-order chi connectivity index (χ1) is 15.7. The van der Waals surface area contributed by atoms with E-state index < -0.39 is 11.9 Å². The average molecular weight is 494 g/mol. The van der Waals surface area contributed by atoms with Crippen molar-refractivity contribution in [3.05, 3.63) is 56.8 Å². The zero-order valence-corrected chi connectivity index (χ0v) is 21.0. The maximum Gasteiger partial charge on any atom is 0.340 e. The van der Waals surface area contributed by atoms with Crippen LogP contribution in [0.4, 0.5) is 5.69 Å². The van der Waals surface area contributed by atoms with Gasteiger partial charge in [-0.2, -0.15) is 0 Å². The first-order valence-corrected chi connectivity index (χ1v) is 11.5. The molecule has 2 aromatic rings. The summed E-state index contributed by atoms with van der Waals surface area (Å²) < 4.78 is 7.21. The van der Waals surface area contributed by atoms with Gasteiger partial charge in [0.1, 0.15) is 6.54 Å². The van der Waals surface area contributed by atoms with Gasteiger partial charge >= 0.3 is 5.97 Å². The Bertz CT molecular complexity index is 1060. The van der Waals surface area contributed by atoms with Gasteiger partial charge in [-0.3, -0.25) is 9.59 Å². The SMILES string of the molecule is CCOC(=O)c1c(/C=C/C(=O)N(CC)CC(=O)Nc2c(Cl)cccc2Cl)c(C)n(CC)c1C. The number of benzene rings is 1. The molecule has 0 unspecified atom stereocenters. The number of hydrogen-bond acceptors (Lipinski definition) is 4. The van der Waals surface area contributed by atoms with Crippen molar-refractivity contribution in [3.63, 3.8) is 0 Å². The van der Waals surface area contributed by atoms with Crippen LogP contribution in [0.2, 0.25) is 10.0 Å². The van der Waals surface area contributed by atoms with Crippen LogP contribution in [0.3, 0.4) is 0 Å². The summed E-state index contributed by atoms with van der Waals surface area (Å²) in [5.41, 5.74) is 3.01. The second kappa shape index (κ2) is 11.9. The largest absolute Gasteiger partial charge is 0.462 e. The Labute approximate surface area is 204 Å². The van der Waals surface area contributed by atoms with Gasteiger partial charge in [-0.25, -0.2) is 4.79 Å². The molecule has 2 amide bonds. The van der Waals surface area contributed by atoms with Gasteiger partial charge in [-0.15, -0.1) is 0 Å². The van der Waals surface area contributed by atoms with Crippen LogP contribution in [-0.2, 0) is 20.9 Å². The number of aromatic nitrogens is 1. The van der Waals surface area contributed by atoms with Crippen LogP contribution in [0.1, 0.15) is 48.1 Å². The van der Waals surface area contributed by atoms with E-state index in [2.05, 4.69) is 5.32 Å². The van der Waals surface area contributed by atoms with E-state index in [1.54, 1.807) is 38.1 Å². The van der Waals surface area contributed by atoms with E-state index in [4.69, 9.17) is 27.9 Å². The monoisotopic (exact) mass is 493 g/mol. The van der Waals surface area contributed by atoms with Gasteiger partial charge in [0.15, 0.2) is 0 Å². The fourth-order valence-electron chi connectivity index (χ4n) is 3.62. The molecule has 178 valence electrons. The molecule has 0 bridgehead atoms. The van der Waals surface area contributed by atoms with Crippen LogP contribution in [0, 0.1) is 13.8 Å². The molecule has 0 aliphatic heterocycles. The third kappa shape index (κ3) is 6.18. The van der Waals surface area contributed by atoms with Gasteiger partial charge in [-0.05, 0) is 52.8 Å². The number of halogens is 2. The Morgan fingerprint density at radius 2 is 1.73 bits per heavy atom. The summed E-state index contributed by atoms with van der Waals surface area (Å²) in [7, 11) is 0. The quantitative estimate of drug-likeness (QED) is 0.388.